The third kappa shape index (κ3) is 3.03. The van der Waals surface area contributed by atoms with Crippen molar-refractivity contribution in [1.29, 1.82) is 0 Å². The Morgan fingerprint density at radius 3 is 2.29 bits per heavy atom. The fourth-order valence-corrected chi connectivity index (χ4v) is 1.96. The third-order valence-corrected chi connectivity index (χ3v) is 3.16. The van der Waals surface area contributed by atoms with Crippen LogP contribution in [0.5, 0.6) is 0 Å². The van der Waals surface area contributed by atoms with Crippen molar-refractivity contribution in [3.05, 3.63) is 0 Å². The van der Waals surface area contributed by atoms with Crippen LogP contribution in [-0.4, -0.2) is 53.5 Å². The van der Waals surface area contributed by atoms with Crippen LogP contribution in [-0.2, 0) is 4.74 Å². The fourth-order valence-electron chi connectivity index (χ4n) is 1.96. The number of hydrogen-bond donors (Lipinski definition) is 2. The Kier molecular flexibility index (Phi) is 3.96. The van der Waals surface area contributed by atoms with Gasteiger partial charge in [-0.05, 0) is 20.8 Å². The van der Waals surface area contributed by atoms with E-state index >= 15 is 0 Å². The van der Waals surface area contributed by atoms with Gasteiger partial charge in [0.1, 0.15) is 5.60 Å². The Balaban J connectivity index is 0.00000144. The molecule has 2 saturated heterocycles. The summed E-state index contributed by atoms with van der Waals surface area (Å²) in [7, 11) is 0. The number of nitrogens with one attached hydrogen (secondary N) is 1. The van der Waals surface area contributed by atoms with E-state index in [0.29, 0.717) is 26.2 Å². The van der Waals surface area contributed by atoms with Crippen molar-refractivity contribution in [3.63, 3.8) is 0 Å². The summed E-state index contributed by atoms with van der Waals surface area (Å²) < 4.78 is 5.24. The molecule has 0 radical (unpaired) electrons. The maximum atomic E-state index is 11.6. The molecule has 0 aromatic heterocycles. The highest BCUT2D eigenvalue weighted by atomic mass is 35.5. The number of halogens is 1. The Labute approximate surface area is 108 Å². The predicted molar refractivity (Wildman–Crippen MR) is 66.4 cm³/mol. The van der Waals surface area contributed by atoms with Crippen LogP contribution in [0, 0.1) is 5.92 Å². The molecule has 0 bridgehead atoms. The van der Waals surface area contributed by atoms with Gasteiger partial charge in [-0.3, -0.25) is 0 Å². The van der Waals surface area contributed by atoms with Crippen molar-refractivity contribution in [3.8, 4) is 0 Å². The van der Waals surface area contributed by atoms with E-state index in [-0.39, 0.29) is 24.4 Å². The zero-order chi connectivity index (χ0) is 12.0. The lowest BCUT2D eigenvalue weighted by molar-refractivity contribution is -0.114. The first-order valence-corrected chi connectivity index (χ1v) is 5.71. The monoisotopic (exact) mass is 264 g/mol. The molecule has 0 unspecified atom stereocenters. The number of ether oxygens (including phenoxy) is 1. The summed E-state index contributed by atoms with van der Waals surface area (Å²) in [6, 6.07) is 0. The van der Waals surface area contributed by atoms with Crippen LogP contribution in [0.4, 0.5) is 4.79 Å². The van der Waals surface area contributed by atoms with Crippen LogP contribution in [0.1, 0.15) is 20.8 Å². The van der Waals surface area contributed by atoms with Crippen LogP contribution in [0.15, 0.2) is 0 Å². The minimum absolute atomic E-state index is 0. The number of carbonyl (C=O) groups is 1. The van der Waals surface area contributed by atoms with Gasteiger partial charge < -0.3 is 20.1 Å². The molecule has 0 spiro atoms. The number of β-amino-alcohol motifs (C(OH)–C–C–N with tert-alkyl or cyclic N) is 1. The lowest BCUT2D eigenvalue weighted by Gasteiger charge is -2.52. The van der Waals surface area contributed by atoms with Gasteiger partial charge in [0.2, 0.25) is 0 Å². The minimum atomic E-state index is -0.599. The Morgan fingerprint density at radius 1 is 1.41 bits per heavy atom. The van der Waals surface area contributed by atoms with Crippen molar-refractivity contribution < 1.29 is 14.6 Å². The highest BCUT2D eigenvalue weighted by molar-refractivity contribution is 5.85. The molecule has 1 amide bonds. The van der Waals surface area contributed by atoms with Gasteiger partial charge >= 0.3 is 6.09 Å². The molecule has 6 heteroatoms. The first kappa shape index (κ1) is 14.5. The maximum Gasteiger partial charge on any atom is 0.410 e. The van der Waals surface area contributed by atoms with Gasteiger partial charge in [0.05, 0.1) is 5.60 Å². The van der Waals surface area contributed by atoms with E-state index in [9.17, 15) is 9.90 Å². The summed E-state index contributed by atoms with van der Waals surface area (Å²) in [6.07, 6.45) is -0.278. The summed E-state index contributed by atoms with van der Waals surface area (Å²) in [5.74, 6) is 0.196. The smallest absolute Gasteiger partial charge is 0.410 e. The lowest BCUT2D eigenvalue weighted by Crippen LogP contribution is -2.71. The van der Waals surface area contributed by atoms with Gasteiger partial charge in [-0.1, -0.05) is 0 Å². The van der Waals surface area contributed by atoms with E-state index < -0.39 is 11.2 Å². The normalized spacial score (nSPS) is 23.2. The van der Waals surface area contributed by atoms with E-state index in [1.807, 2.05) is 20.8 Å². The molecular weight excluding hydrogens is 244 g/mol. The SMILES string of the molecule is CC(C)(C)OC(=O)N1CC(C2(O)CNC2)C1.Cl. The van der Waals surface area contributed by atoms with Gasteiger partial charge in [-0.15, -0.1) is 12.4 Å². The molecule has 2 aliphatic rings. The topological polar surface area (TPSA) is 61.8 Å². The van der Waals surface area contributed by atoms with Crippen molar-refractivity contribution in [2.45, 2.75) is 32.0 Å². The quantitative estimate of drug-likeness (QED) is 0.729. The number of hydrogen-bond acceptors (Lipinski definition) is 4. The molecule has 0 atom stereocenters. The number of rotatable bonds is 1. The van der Waals surface area contributed by atoms with E-state index in [1.165, 1.54) is 0 Å². The Bertz CT molecular complexity index is 294. The molecule has 2 N–H and O–H groups in total. The fraction of sp³-hybridized carbons (Fsp3) is 0.909. The second-order valence-electron chi connectivity index (χ2n) is 5.79. The van der Waals surface area contributed by atoms with Crippen LogP contribution in [0.3, 0.4) is 0 Å². The Morgan fingerprint density at radius 2 is 1.94 bits per heavy atom. The second kappa shape index (κ2) is 4.63. The van der Waals surface area contributed by atoms with Crippen molar-refractivity contribution in [2.24, 2.45) is 5.92 Å². The van der Waals surface area contributed by atoms with E-state index in [4.69, 9.17) is 4.74 Å². The van der Waals surface area contributed by atoms with E-state index in [2.05, 4.69) is 5.32 Å². The standard InChI is InChI=1S/C11H20N2O3.ClH/c1-10(2,3)16-9(14)13-4-8(5-13)11(15)6-12-7-11;/h8,12,15H,4-7H2,1-3H3;1H. The molecule has 2 rings (SSSR count). The molecule has 5 nitrogen and oxygen atoms in total. The van der Waals surface area contributed by atoms with Gasteiger partial charge in [0.25, 0.3) is 0 Å². The predicted octanol–water partition coefficient (Wildman–Crippen LogP) is 0.609. The first-order chi connectivity index (χ1) is 7.30. The number of nitrogens with zero attached hydrogens (tertiary/aromatic N) is 1. The van der Waals surface area contributed by atoms with Crippen molar-refractivity contribution >= 4 is 18.5 Å². The zero-order valence-corrected chi connectivity index (χ0v) is 11.3. The second-order valence-corrected chi connectivity index (χ2v) is 5.79. The number of aliphatic hydroxyl groups is 1. The molecule has 17 heavy (non-hydrogen) atoms. The molecule has 100 valence electrons. The molecular formula is C11H21ClN2O3. The molecule has 2 heterocycles. The van der Waals surface area contributed by atoms with Crippen LogP contribution in [0.25, 0.3) is 0 Å². The summed E-state index contributed by atoms with van der Waals surface area (Å²) >= 11 is 0. The third-order valence-electron chi connectivity index (χ3n) is 3.16. The molecule has 0 saturated carbocycles. The summed E-state index contributed by atoms with van der Waals surface area (Å²) in [6.45, 7) is 8.04. The Hall–Kier alpha value is -0.520. The van der Waals surface area contributed by atoms with Crippen LogP contribution in [0.2, 0.25) is 0 Å². The molecule has 2 fully saturated rings. The van der Waals surface area contributed by atoms with E-state index in [1.54, 1.807) is 4.90 Å². The lowest BCUT2D eigenvalue weighted by atomic mass is 9.78. The van der Waals surface area contributed by atoms with Gasteiger partial charge in [0.15, 0.2) is 0 Å². The summed E-state index contributed by atoms with van der Waals surface area (Å²) in [4.78, 5) is 13.3. The van der Waals surface area contributed by atoms with Gasteiger partial charge in [-0.2, -0.15) is 0 Å². The highest BCUT2D eigenvalue weighted by Crippen LogP contribution is 2.31. The number of likely N-dealkylation sites (tertiary alicyclic amines) is 1. The molecule has 0 aliphatic carbocycles. The average molecular weight is 265 g/mol. The minimum Gasteiger partial charge on any atom is -0.444 e. The first-order valence-electron chi connectivity index (χ1n) is 5.71. The van der Waals surface area contributed by atoms with Crippen molar-refractivity contribution in [2.75, 3.05) is 26.2 Å². The van der Waals surface area contributed by atoms with E-state index in [0.717, 1.165) is 0 Å². The zero-order valence-electron chi connectivity index (χ0n) is 10.5. The van der Waals surface area contributed by atoms with Gasteiger partial charge in [0, 0.05) is 32.1 Å². The van der Waals surface area contributed by atoms with Crippen LogP contribution < -0.4 is 5.32 Å². The molecule has 0 aromatic rings. The maximum absolute atomic E-state index is 11.6. The summed E-state index contributed by atoms with van der Waals surface area (Å²) in [5, 5.41) is 13.1. The van der Waals surface area contributed by atoms with Crippen LogP contribution >= 0.6 is 12.4 Å². The number of carbonyl (C=O) groups excluding carboxylic acids is 1. The molecule has 2 aliphatic heterocycles. The highest BCUT2D eigenvalue weighted by Gasteiger charge is 2.49. The largest absolute Gasteiger partial charge is 0.444 e. The summed E-state index contributed by atoms with van der Waals surface area (Å²) in [5.41, 5.74) is -1.05. The number of amides is 1. The molecule has 0 aromatic carbocycles. The van der Waals surface area contributed by atoms with Crippen molar-refractivity contribution in [1.82, 2.24) is 10.2 Å². The van der Waals surface area contributed by atoms with Gasteiger partial charge in [-0.25, -0.2) is 4.79 Å². The average Bonchev–Trinajstić information content (AvgIpc) is 1.94.